The van der Waals surface area contributed by atoms with Gasteiger partial charge in [-0.1, -0.05) is 12.8 Å². The molecule has 1 fully saturated rings. The van der Waals surface area contributed by atoms with E-state index in [-0.39, 0.29) is 11.8 Å². The summed E-state index contributed by atoms with van der Waals surface area (Å²) in [4.78, 5) is 23.8. The summed E-state index contributed by atoms with van der Waals surface area (Å²) in [5.41, 5.74) is 0. The molecule has 0 spiro atoms. The van der Waals surface area contributed by atoms with Gasteiger partial charge in [-0.05, 0) is 12.8 Å². The van der Waals surface area contributed by atoms with Gasteiger partial charge in [-0.2, -0.15) is 0 Å². The fourth-order valence-electron chi connectivity index (χ4n) is 1.59. The third kappa shape index (κ3) is 3.29. The van der Waals surface area contributed by atoms with E-state index in [4.69, 9.17) is 11.6 Å². The Hall–Kier alpha value is -0.570. The maximum absolute atomic E-state index is 11.2. The van der Waals surface area contributed by atoms with E-state index in [9.17, 15) is 9.59 Å². The molecule has 0 radical (unpaired) electrons. The average Bonchev–Trinajstić information content (AvgIpc) is 2.48. The van der Waals surface area contributed by atoms with Gasteiger partial charge < -0.3 is 0 Å². The molecule has 4 heteroatoms. The predicted octanol–water partition coefficient (Wildman–Crippen LogP) is 1.93. The Kier molecular flexibility index (Phi) is 4.94. The molecular weight excluding hydrogens is 202 g/mol. The maximum Gasteiger partial charge on any atom is 0.229 e. The summed E-state index contributed by atoms with van der Waals surface area (Å²) >= 11 is 5.54. The molecule has 0 bridgehead atoms. The molecule has 80 valence electrons. The molecule has 0 atom stereocenters. The minimum absolute atomic E-state index is 0.00709. The predicted molar refractivity (Wildman–Crippen MR) is 55.1 cm³/mol. The van der Waals surface area contributed by atoms with Crippen molar-refractivity contribution in [1.82, 2.24) is 4.90 Å². The second-order valence-corrected chi connectivity index (χ2v) is 3.92. The highest BCUT2D eigenvalue weighted by molar-refractivity contribution is 6.17. The summed E-state index contributed by atoms with van der Waals surface area (Å²) in [5, 5.41) is 0. The largest absolute Gasteiger partial charge is 0.283 e. The minimum atomic E-state index is -0.00709. The van der Waals surface area contributed by atoms with Crippen LogP contribution in [0.15, 0.2) is 0 Å². The lowest BCUT2D eigenvalue weighted by molar-refractivity contribution is -0.138. The molecular formula is C10H16ClNO2. The van der Waals surface area contributed by atoms with Crippen molar-refractivity contribution < 1.29 is 9.59 Å². The normalized spacial score (nSPS) is 16.8. The lowest BCUT2D eigenvalue weighted by Crippen LogP contribution is -2.29. The Morgan fingerprint density at radius 1 is 1.00 bits per heavy atom. The van der Waals surface area contributed by atoms with E-state index < -0.39 is 0 Å². The van der Waals surface area contributed by atoms with Gasteiger partial charge in [0.1, 0.15) is 0 Å². The van der Waals surface area contributed by atoms with Gasteiger partial charge in [0.05, 0.1) is 0 Å². The molecule has 0 saturated carbocycles. The molecule has 0 unspecified atom stereocenters. The summed E-state index contributed by atoms with van der Waals surface area (Å²) in [6.45, 7) is 0.597. The smallest absolute Gasteiger partial charge is 0.229 e. The van der Waals surface area contributed by atoms with Crippen molar-refractivity contribution in [2.75, 3.05) is 12.4 Å². The van der Waals surface area contributed by atoms with Gasteiger partial charge in [0.15, 0.2) is 0 Å². The number of carbonyl (C=O) groups is 2. The summed E-state index contributed by atoms with van der Waals surface area (Å²) < 4.78 is 0. The molecule has 3 nitrogen and oxygen atoms in total. The lowest BCUT2D eigenvalue weighted by atomic mass is 10.2. The van der Waals surface area contributed by atoms with Crippen LogP contribution in [0.2, 0.25) is 0 Å². The Bertz CT molecular complexity index is 202. The van der Waals surface area contributed by atoms with Gasteiger partial charge in [-0.3, -0.25) is 14.5 Å². The van der Waals surface area contributed by atoms with Crippen molar-refractivity contribution in [1.29, 1.82) is 0 Å². The molecule has 0 aliphatic carbocycles. The highest BCUT2D eigenvalue weighted by atomic mass is 35.5. The number of nitrogens with zero attached hydrogens (tertiary/aromatic N) is 1. The number of halogens is 1. The second-order valence-electron chi connectivity index (χ2n) is 3.54. The van der Waals surface area contributed by atoms with Crippen LogP contribution in [0.4, 0.5) is 0 Å². The number of unbranched alkanes of at least 4 members (excludes halogenated alkanes) is 3. The van der Waals surface area contributed by atoms with Crippen LogP contribution in [0.3, 0.4) is 0 Å². The number of likely N-dealkylation sites (tertiary alicyclic amines) is 1. The van der Waals surface area contributed by atoms with Gasteiger partial charge in [-0.15, -0.1) is 11.6 Å². The molecule has 14 heavy (non-hydrogen) atoms. The van der Waals surface area contributed by atoms with Crippen molar-refractivity contribution in [2.24, 2.45) is 0 Å². The van der Waals surface area contributed by atoms with Crippen molar-refractivity contribution in [3.05, 3.63) is 0 Å². The standard InChI is InChI=1S/C10H16ClNO2/c11-7-3-1-2-4-8-12-9(13)5-6-10(12)14/h1-8H2. The first-order chi connectivity index (χ1) is 6.75. The van der Waals surface area contributed by atoms with Gasteiger partial charge in [-0.25, -0.2) is 0 Å². The molecule has 1 aliphatic heterocycles. The van der Waals surface area contributed by atoms with Crippen LogP contribution < -0.4 is 0 Å². The second kappa shape index (κ2) is 6.02. The highest BCUT2D eigenvalue weighted by Gasteiger charge is 2.27. The molecule has 1 rings (SSSR count). The van der Waals surface area contributed by atoms with E-state index in [0.29, 0.717) is 25.3 Å². The van der Waals surface area contributed by atoms with Crippen molar-refractivity contribution in [2.45, 2.75) is 38.5 Å². The number of carbonyl (C=O) groups excluding carboxylic acids is 2. The van der Waals surface area contributed by atoms with E-state index in [0.717, 1.165) is 25.7 Å². The van der Waals surface area contributed by atoms with Crippen LogP contribution in [0, 0.1) is 0 Å². The SMILES string of the molecule is O=C1CCC(=O)N1CCCCCCCl. The number of alkyl halides is 1. The Morgan fingerprint density at radius 3 is 2.14 bits per heavy atom. The highest BCUT2D eigenvalue weighted by Crippen LogP contribution is 2.13. The number of rotatable bonds is 6. The van der Waals surface area contributed by atoms with E-state index in [2.05, 4.69) is 0 Å². The molecule has 1 saturated heterocycles. The molecule has 0 aromatic rings. The Labute approximate surface area is 89.4 Å². The lowest BCUT2D eigenvalue weighted by Gasteiger charge is -2.12. The molecule has 2 amide bonds. The molecule has 1 heterocycles. The van der Waals surface area contributed by atoms with Crippen LogP contribution in [0.25, 0.3) is 0 Å². The monoisotopic (exact) mass is 217 g/mol. The van der Waals surface area contributed by atoms with Gasteiger partial charge in [0, 0.05) is 25.3 Å². The van der Waals surface area contributed by atoms with E-state index in [1.54, 1.807) is 0 Å². The number of hydrogen-bond donors (Lipinski definition) is 0. The van der Waals surface area contributed by atoms with Crippen LogP contribution in [-0.4, -0.2) is 29.1 Å². The zero-order chi connectivity index (χ0) is 10.4. The first-order valence-corrected chi connectivity index (χ1v) is 5.68. The van der Waals surface area contributed by atoms with Crippen LogP contribution in [0.1, 0.15) is 38.5 Å². The molecule has 0 aromatic carbocycles. The third-order valence-corrected chi connectivity index (χ3v) is 2.69. The minimum Gasteiger partial charge on any atom is -0.283 e. The summed E-state index contributed by atoms with van der Waals surface area (Å²) in [6.07, 6.45) is 4.86. The van der Waals surface area contributed by atoms with E-state index in [1.165, 1.54) is 4.90 Å². The fourth-order valence-corrected chi connectivity index (χ4v) is 1.78. The topological polar surface area (TPSA) is 37.4 Å². The van der Waals surface area contributed by atoms with Crippen LogP contribution >= 0.6 is 11.6 Å². The zero-order valence-corrected chi connectivity index (χ0v) is 9.05. The number of hydrogen-bond acceptors (Lipinski definition) is 2. The first kappa shape index (κ1) is 11.5. The number of amides is 2. The van der Waals surface area contributed by atoms with Crippen molar-refractivity contribution in [3.63, 3.8) is 0 Å². The van der Waals surface area contributed by atoms with Gasteiger partial charge in [0.25, 0.3) is 0 Å². The van der Waals surface area contributed by atoms with E-state index >= 15 is 0 Å². The van der Waals surface area contributed by atoms with Crippen molar-refractivity contribution in [3.8, 4) is 0 Å². The fraction of sp³-hybridized carbons (Fsp3) is 0.800. The summed E-state index contributed by atoms with van der Waals surface area (Å²) in [6, 6.07) is 0. The van der Waals surface area contributed by atoms with Crippen LogP contribution in [0.5, 0.6) is 0 Å². The Balaban J connectivity index is 2.11. The van der Waals surface area contributed by atoms with Crippen LogP contribution in [-0.2, 0) is 9.59 Å². The van der Waals surface area contributed by atoms with Gasteiger partial charge >= 0.3 is 0 Å². The third-order valence-electron chi connectivity index (χ3n) is 2.42. The summed E-state index contributed by atoms with van der Waals surface area (Å²) in [5.74, 6) is 0.682. The first-order valence-electron chi connectivity index (χ1n) is 5.15. The number of imide groups is 1. The summed E-state index contributed by atoms with van der Waals surface area (Å²) in [7, 11) is 0. The zero-order valence-electron chi connectivity index (χ0n) is 8.30. The molecule has 0 N–H and O–H groups in total. The van der Waals surface area contributed by atoms with Gasteiger partial charge in [0.2, 0.25) is 11.8 Å². The maximum atomic E-state index is 11.2. The van der Waals surface area contributed by atoms with Crippen molar-refractivity contribution >= 4 is 23.4 Å². The average molecular weight is 218 g/mol. The molecule has 0 aromatic heterocycles. The molecule has 1 aliphatic rings. The Morgan fingerprint density at radius 2 is 1.57 bits per heavy atom. The van der Waals surface area contributed by atoms with E-state index in [1.807, 2.05) is 0 Å². The quantitative estimate of drug-likeness (QED) is 0.387.